The molecule has 0 spiro atoms. The molecule has 0 radical (unpaired) electrons. The minimum absolute atomic E-state index is 0.288. The Morgan fingerprint density at radius 1 is 1.40 bits per heavy atom. The molecule has 4 heteroatoms. The van der Waals surface area contributed by atoms with E-state index in [0.717, 1.165) is 0 Å². The smallest absolute Gasteiger partial charge is 0.105 e. The molecule has 0 aliphatic carbocycles. The van der Waals surface area contributed by atoms with Crippen molar-refractivity contribution in [2.75, 3.05) is 5.88 Å². The average Bonchev–Trinajstić information content (AvgIpc) is 2.28. The van der Waals surface area contributed by atoms with Crippen molar-refractivity contribution in [3.8, 4) is 6.07 Å². The normalized spacial score (nSPS) is 14.3. The van der Waals surface area contributed by atoms with Crippen molar-refractivity contribution in [2.45, 2.75) is 18.6 Å². The Morgan fingerprint density at radius 3 is 2.73 bits per heavy atom. The standard InChI is InChI=1S/C11H12ClNO2/c12-5-4-10(14)11(15)9-3-1-2-8(6-9)7-13/h1-3,6,10-11,14-15H,4-5H2. The first-order chi connectivity index (χ1) is 7.19. The first-order valence-electron chi connectivity index (χ1n) is 4.61. The van der Waals surface area contributed by atoms with Gasteiger partial charge in [-0.3, -0.25) is 0 Å². The second-order valence-corrected chi connectivity index (χ2v) is 3.61. The molecule has 1 aromatic carbocycles. The summed E-state index contributed by atoms with van der Waals surface area (Å²) in [5, 5.41) is 27.9. The summed E-state index contributed by atoms with van der Waals surface area (Å²) >= 11 is 5.46. The van der Waals surface area contributed by atoms with Gasteiger partial charge in [-0.2, -0.15) is 5.26 Å². The summed E-state index contributed by atoms with van der Waals surface area (Å²) in [5.74, 6) is 0.288. The van der Waals surface area contributed by atoms with Crippen molar-refractivity contribution in [1.29, 1.82) is 5.26 Å². The summed E-state index contributed by atoms with van der Waals surface area (Å²) in [4.78, 5) is 0. The van der Waals surface area contributed by atoms with Gasteiger partial charge in [-0.25, -0.2) is 0 Å². The molecule has 0 amide bonds. The second kappa shape index (κ2) is 5.72. The SMILES string of the molecule is N#Cc1cccc(C(O)C(O)CCCl)c1. The third-order valence-corrected chi connectivity index (χ3v) is 2.34. The highest BCUT2D eigenvalue weighted by atomic mass is 35.5. The molecule has 80 valence electrons. The summed E-state index contributed by atoms with van der Waals surface area (Å²) < 4.78 is 0. The highest BCUT2D eigenvalue weighted by Gasteiger charge is 2.17. The fourth-order valence-electron chi connectivity index (χ4n) is 1.28. The van der Waals surface area contributed by atoms with Gasteiger partial charge in [-0.05, 0) is 24.1 Å². The summed E-state index contributed by atoms with van der Waals surface area (Å²) in [5.41, 5.74) is 0.997. The third kappa shape index (κ3) is 3.21. The van der Waals surface area contributed by atoms with Crippen molar-refractivity contribution in [3.63, 3.8) is 0 Å². The molecule has 2 atom stereocenters. The van der Waals surface area contributed by atoms with Crippen LogP contribution in [0.1, 0.15) is 23.7 Å². The largest absolute Gasteiger partial charge is 0.390 e. The quantitative estimate of drug-likeness (QED) is 0.765. The molecular weight excluding hydrogens is 214 g/mol. The van der Waals surface area contributed by atoms with Gasteiger partial charge in [0.2, 0.25) is 0 Å². The number of alkyl halides is 1. The lowest BCUT2D eigenvalue weighted by molar-refractivity contribution is 0.0170. The van der Waals surface area contributed by atoms with Crippen LogP contribution < -0.4 is 0 Å². The van der Waals surface area contributed by atoms with Gasteiger partial charge in [0.25, 0.3) is 0 Å². The van der Waals surface area contributed by atoms with Gasteiger partial charge in [0.05, 0.1) is 17.7 Å². The molecule has 15 heavy (non-hydrogen) atoms. The van der Waals surface area contributed by atoms with Gasteiger partial charge in [-0.1, -0.05) is 12.1 Å². The van der Waals surface area contributed by atoms with Crippen LogP contribution in [0.25, 0.3) is 0 Å². The van der Waals surface area contributed by atoms with Crippen molar-refractivity contribution in [2.24, 2.45) is 0 Å². The van der Waals surface area contributed by atoms with E-state index in [2.05, 4.69) is 0 Å². The lowest BCUT2D eigenvalue weighted by Gasteiger charge is -2.17. The van der Waals surface area contributed by atoms with E-state index in [-0.39, 0.29) is 5.88 Å². The summed E-state index contributed by atoms with van der Waals surface area (Å²) in [7, 11) is 0. The fraction of sp³-hybridized carbons (Fsp3) is 0.364. The van der Waals surface area contributed by atoms with Gasteiger partial charge in [0.15, 0.2) is 0 Å². The fourth-order valence-corrected chi connectivity index (χ4v) is 1.51. The maximum Gasteiger partial charge on any atom is 0.105 e. The Bertz CT molecular complexity index is 362. The first kappa shape index (κ1) is 12.0. The van der Waals surface area contributed by atoms with E-state index in [1.165, 1.54) is 0 Å². The van der Waals surface area contributed by atoms with E-state index in [9.17, 15) is 10.2 Å². The lowest BCUT2D eigenvalue weighted by atomic mass is 10.0. The first-order valence-corrected chi connectivity index (χ1v) is 5.14. The number of aliphatic hydroxyl groups is 2. The molecule has 3 nitrogen and oxygen atoms in total. The van der Waals surface area contributed by atoms with Crippen molar-refractivity contribution < 1.29 is 10.2 Å². The molecule has 0 aromatic heterocycles. The van der Waals surface area contributed by atoms with Crippen LogP contribution in [-0.2, 0) is 0 Å². The summed E-state index contributed by atoms with van der Waals surface area (Å²) in [6.07, 6.45) is -1.56. The van der Waals surface area contributed by atoms with E-state index in [1.54, 1.807) is 24.3 Å². The van der Waals surface area contributed by atoms with Crippen LogP contribution in [0.5, 0.6) is 0 Å². The molecule has 1 aromatic rings. The zero-order chi connectivity index (χ0) is 11.3. The highest BCUT2D eigenvalue weighted by Crippen LogP contribution is 2.20. The zero-order valence-electron chi connectivity index (χ0n) is 8.10. The Kier molecular flexibility index (Phi) is 4.57. The number of halogens is 1. The van der Waals surface area contributed by atoms with Gasteiger partial charge in [0, 0.05) is 5.88 Å². The van der Waals surface area contributed by atoms with Crippen molar-refractivity contribution >= 4 is 11.6 Å². The molecular formula is C11H12ClNO2. The van der Waals surface area contributed by atoms with Gasteiger partial charge < -0.3 is 10.2 Å². The Morgan fingerprint density at radius 2 is 2.13 bits per heavy atom. The molecule has 0 saturated heterocycles. The monoisotopic (exact) mass is 225 g/mol. The number of rotatable bonds is 4. The van der Waals surface area contributed by atoms with Crippen molar-refractivity contribution in [1.82, 2.24) is 0 Å². The topological polar surface area (TPSA) is 64.2 Å². The van der Waals surface area contributed by atoms with E-state index in [4.69, 9.17) is 16.9 Å². The van der Waals surface area contributed by atoms with Crippen LogP contribution in [0.4, 0.5) is 0 Å². The highest BCUT2D eigenvalue weighted by molar-refractivity contribution is 6.17. The maximum atomic E-state index is 9.72. The maximum absolute atomic E-state index is 9.72. The van der Waals surface area contributed by atoms with Gasteiger partial charge in [-0.15, -0.1) is 11.6 Å². The molecule has 0 heterocycles. The van der Waals surface area contributed by atoms with E-state index < -0.39 is 12.2 Å². The zero-order valence-corrected chi connectivity index (χ0v) is 8.85. The third-order valence-electron chi connectivity index (χ3n) is 2.13. The number of nitrogens with zero attached hydrogens (tertiary/aromatic N) is 1. The molecule has 0 aliphatic rings. The van der Waals surface area contributed by atoms with E-state index >= 15 is 0 Å². The van der Waals surface area contributed by atoms with E-state index in [1.807, 2.05) is 6.07 Å². The van der Waals surface area contributed by atoms with Crippen LogP contribution in [0, 0.1) is 11.3 Å². The lowest BCUT2D eigenvalue weighted by Crippen LogP contribution is -2.18. The molecule has 2 N–H and O–H groups in total. The van der Waals surface area contributed by atoms with Gasteiger partial charge in [0.1, 0.15) is 6.10 Å². The van der Waals surface area contributed by atoms with Crippen LogP contribution >= 0.6 is 11.6 Å². The van der Waals surface area contributed by atoms with Crippen LogP contribution in [-0.4, -0.2) is 22.2 Å². The minimum atomic E-state index is -0.989. The molecule has 0 bridgehead atoms. The Labute approximate surface area is 93.5 Å². The van der Waals surface area contributed by atoms with E-state index in [0.29, 0.717) is 17.5 Å². The number of aliphatic hydroxyl groups excluding tert-OH is 2. The predicted molar refractivity (Wildman–Crippen MR) is 57.5 cm³/mol. The molecule has 0 fully saturated rings. The number of nitriles is 1. The molecule has 0 saturated carbocycles. The summed E-state index contributed by atoms with van der Waals surface area (Å²) in [6.45, 7) is 0. The van der Waals surface area contributed by atoms with Crippen LogP contribution in [0.2, 0.25) is 0 Å². The predicted octanol–water partition coefficient (Wildman–Crippen LogP) is 1.58. The van der Waals surface area contributed by atoms with Gasteiger partial charge >= 0.3 is 0 Å². The van der Waals surface area contributed by atoms with Crippen LogP contribution in [0.15, 0.2) is 24.3 Å². The number of hydrogen-bond donors (Lipinski definition) is 2. The molecule has 1 rings (SSSR count). The van der Waals surface area contributed by atoms with Crippen LogP contribution in [0.3, 0.4) is 0 Å². The average molecular weight is 226 g/mol. The van der Waals surface area contributed by atoms with Crippen molar-refractivity contribution in [3.05, 3.63) is 35.4 Å². The molecule has 2 unspecified atom stereocenters. The number of hydrogen-bond acceptors (Lipinski definition) is 3. The Balaban J connectivity index is 2.82. The number of benzene rings is 1. The minimum Gasteiger partial charge on any atom is -0.390 e. The summed E-state index contributed by atoms with van der Waals surface area (Å²) in [6, 6.07) is 8.52. The Hall–Kier alpha value is -1.08. The molecule has 0 aliphatic heterocycles. The second-order valence-electron chi connectivity index (χ2n) is 3.23.